The van der Waals surface area contributed by atoms with Gasteiger partial charge in [-0.3, -0.25) is 14.7 Å². The second-order valence-electron chi connectivity index (χ2n) is 9.37. The topological polar surface area (TPSA) is 119 Å². The third kappa shape index (κ3) is 4.56. The van der Waals surface area contributed by atoms with Crippen molar-refractivity contribution in [2.45, 2.75) is 45.2 Å². The maximum absolute atomic E-state index is 13.5. The molecular weight excluding hydrogens is 456 g/mol. The highest BCUT2D eigenvalue weighted by molar-refractivity contribution is 5.93. The van der Waals surface area contributed by atoms with Gasteiger partial charge in [-0.25, -0.2) is 4.68 Å². The molecule has 2 aromatic heterocycles. The Morgan fingerprint density at radius 3 is 2.42 bits per heavy atom. The number of fused-ring (bicyclic) bond motifs is 1. The molecule has 0 aliphatic heterocycles. The summed E-state index contributed by atoms with van der Waals surface area (Å²) in [6.07, 6.45) is 2.67. The van der Waals surface area contributed by atoms with Gasteiger partial charge < -0.3 is 15.4 Å². The number of amides is 1. The van der Waals surface area contributed by atoms with E-state index in [2.05, 4.69) is 10.2 Å². The van der Waals surface area contributed by atoms with Crippen LogP contribution in [0, 0.1) is 12.8 Å². The summed E-state index contributed by atoms with van der Waals surface area (Å²) >= 11 is 0. The normalized spacial score (nSPS) is 17.7. The fraction of sp³-hybridized carbons (Fsp3) is 0.333. The van der Waals surface area contributed by atoms with E-state index < -0.39 is 0 Å². The number of methoxy groups -OCH3 is 1. The van der Waals surface area contributed by atoms with Crippen LogP contribution in [0.3, 0.4) is 0 Å². The van der Waals surface area contributed by atoms with Gasteiger partial charge in [-0.2, -0.15) is 10.2 Å². The minimum Gasteiger partial charge on any atom is -0.497 e. The van der Waals surface area contributed by atoms with Gasteiger partial charge in [-0.05, 0) is 56.4 Å². The number of carbonyl (C=O) groups is 1. The van der Waals surface area contributed by atoms with Crippen LogP contribution in [-0.4, -0.2) is 33.0 Å². The van der Waals surface area contributed by atoms with Gasteiger partial charge in [0.1, 0.15) is 5.75 Å². The van der Waals surface area contributed by atoms with E-state index in [0.29, 0.717) is 49.2 Å². The third-order valence-electron chi connectivity index (χ3n) is 6.98. The Labute approximate surface area is 208 Å². The van der Waals surface area contributed by atoms with Gasteiger partial charge in [0, 0.05) is 23.1 Å². The third-order valence-corrected chi connectivity index (χ3v) is 6.98. The molecule has 2 heterocycles. The largest absolute Gasteiger partial charge is 0.497 e. The lowest BCUT2D eigenvalue weighted by Crippen LogP contribution is -2.34. The van der Waals surface area contributed by atoms with Crippen LogP contribution in [0.15, 0.2) is 59.4 Å². The smallest absolute Gasteiger partial charge is 0.275 e. The Kier molecular flexibility index (Phi) is 6.45. The van der Waals surface area contributed by atoms with Crippen molar-refractivity contribution in [3.05, 3.63) is 76.2 Å². The summed E-state index contributed by atoms with van der Waals surface area (Å²) in [5, 5.41) is 13.9. The zero-order valence-electron chi connectivity index (χ0n) is 20.5. The highest BCUT2D eigenvalue weighted by Gasteiger charge is 2.29. The van der Waals surface area contributed by atoms with Gasteiger partial charge in [-0.15, -0.1) is 0 Å². The number of aromatic amines is 1. The molecule has 0 unspecified atom stereocenters. The molecule has 1 aliphatic carbocycles. The number of rotatable bonds is 7. The van der Waals surface area contributed by atoms with E-state index in [1.807, 2.05) is 66.4 Å². The van der Waals surface area contributed by atoms with Crippen molar-refractivity contribution in [2.24, 2.45) is 11.7 Å². The highest BCUT2D eigenvalue weighted by atomic mass is 16.5. The van der Waals surface area contributed by atoms with Crippen molar-refractivity contribution in [2.75, 3.05) is 12.0 Å². The van der Waals surface area contributed by atoms with Gasteiger partial charge in [0.2, 0.25) is 5.91 Å². The number of ether oxygens (including phenoxy) is 1. The fourth-order valence-corrected chi connectivity index (χ4v) is 4.96. The average molecular weight is 487 g/mol. The number of primary amides is 1. The SMILES string of the molecule is COc1ccc(CN(c2cc(C)[nH]n2)c2nn(C3CCC(C(N)=O)CC3)c(=O)c3ccccc23)cc1. The van der Waals surface area contributed by atoms with E-state index in [9.17, 15) is 9.59 Å². The first-order chi connectivity index (χ1) is 17.4. The standard InChI is InChI=1S/C27H30N6O3/c1-17-15-24(30-29-17)32(16-18-7-13-21(36-2)14-8-18)26-22-5-3-4-6-23(22)27(35)33(31-26)20-11-9-19(10-12-20)25(28)34/h3-8,13-15,19-20H,9-12,16H2,1-2H3,(H2,28,34)(H,29,30). The molecule has 0 spiro atoms. The number of nitrogens with one attached hydrogen (secondary N) is 1. The molecule has 3 N–H and O–H groups in total. The van der Waals surface area contributed by atoms with Crippen molar-refractivity contribution < 1.29 is 9.53 Å². The summed E-state index contributed by atoms with van der Waals surface area (Å²) in [6.45, 7) is 2.45. The highest BCUT2D eigenvalue weighted by Crippen LogP contribution is 2.34. The lowest BCUT2D eigenvalue weighted by Gasteiger charge is -2.29. The van der Waals surface area contributed by atoms with Crippen molar-refractivity contribution in [1.82, 2.24) is 20.0 Å². The molecule has 2 aromatic carbocycles. The Bertz CT molecular complexity index is 1430. The molecule has 1 saturated carbocycles. The number of benzene rings is 2. The number of hydrogen-bond acceptors (Lipinski definition) is 6. The first-order valence-electron chi connectivity index (χ1n) is 12.2. The fourth-order valence-electron chi connectivity index (χ4n) is 4.96. The van der Waals surface area contributed by atoms with Gasteiger partial charge in [0.25, 0.3) is 5.56 Å². The van der Waals surface area contributed by atoms with E-state index >= 15 is 0 Å². The summed E-state index contributed by atoms with van der Waals surface area (Å²) in [5.41, 5.74) is 7.37. The van der Waals surface area contributed by atoms with Crippen LogP contribution in [0.25, 0.3) is 10.8 Å². The molecule has 0 bridgehead atoms. The van der Waals surface area contributed by atoms with Crippen LogP contribution in [0.4, 0.5) is 11.6 Å². The van der Waals surface area contributed by atoms with E-state index in [1.54, 1.807) is 11.8 Å². The molecule has 9 heteroatoms. The minimum atomic E-state index is -0.271. The Balaban J connectivity index is 1.62. The molecule has 5 rings (SSSR count). The summed E-state index contributed by atoms with van der Waals surface area (Å²) < 4.78 is 6.92. The van der Waals surface area contributed by atoms with Crippen LogP contribution in [0.2, 0.25) is 0 Å². The molecule has 1 amide bonds. The number of hydrogen-bond donors (Lipinski definition) is 2. The van der Waals surface area contributed by atoms with E-state index in [-0.39, 0.29) is 23.4 Å². The van der Waals surface area contributed by atoms with Crippen LogP contribution >= 0.6 is 0 Å². The van der Waals surface area contributed by atoms with Crippen LogP contribution in [0.5, 0.6) is 5.75 Å². The molecule has 0 saturated heterocycles. The Morgan fingerprint density at radius 1 is 1.11 bits per heavy atom. The summed E-state index contributed by atoms with van der Waals surface area (Å²) in [7, 11) is 1.64. The van der Waals surface area contributed by atoms with Gasteiger partial charge in [0.05, 0.1) is 25.1 Å². The van der Waals surface area contributed by atoms with Crippen molar-refractivity contribution in [1.29, 1.82) is 0 Å². The molecule has 0 atom stereocenters. The van der Waals surface area contributed by atoms with E-state index in [1.165, 1.54) is 0 Å². The number of carbonyl (C=O) groups excluding carboxylic acids is 1. The zero-order valence-corrected chi connectivity index (χ0v) is 20.5. The Hall–Kier alpha value is -4.14. The van der Waals surface area contributed by atoms with Crippen molar-refractivity contribution >= 4 is 28.3 Å². The monoisotopic (exact) mass is 486 g/mol. The zero-order chi connectivity index (χ0) is 25.2. The molecule has 9 nitrogen and oxygen atoms in total. The van der Waals surface area contributed by atoms with Crippen LogP contribution < -0.4 is 20.9 Å². The number of H-pyrrole nitrogens is 1. The predicted molar refractivity (Wildman–Crippen MR) is 138 cm³/mol. The van der Waals surface area contributed by atoms with Crippen molar-refractivity contribution in [3.63, 3.8) is 0 Å². The number of aryl methyl sites for hydroxylation is 1. The molecule has 186 valence electrons. The molecule has 0 radical (unpaired) electrons. The average Bonchev–Trinajstić information content (AvgIpc) is 3.34. The van der Waals surface area contributed by atoms with Gasteiger partial charge in [-0.1, -0.05) is 30.3 Å². The maximum Gasteiger partial charge on any atom is 0.275 e. The first-order valence-corrected chi connectivity index (χ1v) is 12.2. The lowest BCUT2D eigenvalue weighted by atomic mass is 9.85. The summed E-state index contributed by atoms with van der Waals surface area (Å²) in [5.74, 6) is 1.74. The summed E-state index contributed by atoms with van der Waals surface area (Å²) in [6, 6.07) is 17.3. The summed E-state index contributed by atoms with van der Waals surface area (Å²) in [4.78, 5) is 27.2. The van der Waals surface area contributed by atoms with Crippen molar-refractivity contribution in [3.8, 4) is 5.75 Å². The lowest BCUT2D eigenvalue weighted by molar-refractivity contribution is -0.122. The predicted octanol–water partition coefficient (Wildman–Crippen LogP) is 3.99. The van der Waals surface area contributed by atoms with E-state index in [0.717, 1.165) is 22.4 Å². The van der Waals surface area contributed by atoms with Gasteiger partial charge >= 0.3 is 0 Å². The number of aromatic nitrogens is 4. The number of anilines is 2. The van der Waals surface area contributed by atoms with Crippen LogP contribution in [0.1, 0.15) is 43.0 Å². The molecular formula is C27H30N6O3. The van der Waals surface area contributed by atoms with Crippen LogP contribution in [-0.2, 0) is 11.3 Å². The van der Waals surface area contributed by atoms with Gasteiger partial charge in [0.15, 0.2) is 11.6 Å². The molecule has 1 aliphatic rings. The molecule has 4 aromatic rings. The second-order valence-corrected chi connectivity index (χ2v) is 9.37. The molecule has 1 fully saturated rings. The quantitative estimate of drug-likeness (QED) is 0.408. The second kappa shape index (κ2) is 9.85. The number of nitrogens with zero attached hydrogens (tertiary/aromatic N) is 4. The molecule has 36 heavy (non-hydrogen) atoms. The Morgan fingerprint density at radius 2 is 1.81 bits per heavy atom. The first kappa shape index (κ1) is 23.6. The van der Waals surface area contributed by atoms with E-state index in [4.69, 9.17) is 15.6 Å². The number of nitrogens with two attached hydrogens (primary N) is 1. The minimum absolute atomic E-state index is 0.0970. The maximum atomic E-state index is 13.5.